The molecule has 1 N–H and O–H groups in total. The van der Waals surface area contributed by atoms with E-state index >= 15 is 0 Å². The van der Waals surface area contributed by atoms with Crippen molar-refractivity contribution in [2.75, 3.05) is 0 Å². The second-order valence-electron chi connectivity index (χ2n) is 0.782. The van der Waals surface area contributed by atoms with Crippen LogP contribution in [0.25, 0.3) is 0 Å². The molecule has 1 aliphatic rings. The first-order valence-electron chi connectivity index (χ1n) is 1.43. The van der Waals surface area contributed by atoms with Crippen LogP contribution in [0.1, 0.15) is 0 Å². The Morgan fingerprint density at radius 2 is 2.67 bits per heavy atom. The molecule has 0 aromatic rings. The van der Waals surface area contributed by atoms with Crippen molar-refractivity contribution in [3.05, 3.63) is 11.6 Å². The van der Waals surface area contributed by atoms with Crippen LogP contribution in [0.2, 0.25) is 0 Å². The topological polar surface area (TPSA) is 15.3 Å². The number of nitrogens with zero attached hydrogens (tertiary/aromatic N) is 1. The Balaban J connectivity index is 2.32. The van der Waals surface area contributed by atoms with Crippen LogP contribution in [-0.4, -0.2) is 3.44 Å². The smallest absolute Gasteiger partial charge is 0.0480 e. The van der Waals surface area contributed by atoms with E-state index in [0.29, 0.717) is 0 Å². The summed E-state index contributed by atoms with van der Waals surface area (Å²) in [4.78, 5) is 0. The number of nitrogens with one attached hydrogen (secondary N) is 1. The minimum absolute atomic E-state index is 1.56. The van der Waals surface area contributed by atoms with Gasteiger partial charge in [0, 0.05) is 27.8 Å². The van der Waals surface area contributed by atoms with Gasteiger partial charge in [0.25, 0.3) is 0 Å². The highest BCUT2D eigenvalue weighted by molar-refractivity contribution is 9.09. The second-order valence-corrected chi connectivity index (χ2v) is 2.81. The lowest BCUT2D eigenvalue weighted by molar-refractivity contribution is 0.688. The van der Waals surface area contributed by atoms with Gasteiger partial charge in [-0.2, -0.15) is 0 Å². The predicted octanol–water partition coefficient (Wildman–Crippen LogP) is 1.24. The van der Waals surface area contributed by atoms with Gasteiger partial charge in [0.15, 0.2) is 0 Å². The summed E-state index contributed by atoms with van der Waals surface area (Å²) in [7, 11) is 0. The molecule has 34 valence electrons. The zero-order chi connectivity index (χ0) is 4.41. The minimum Gasteiger partial charge on any atom is -0.306 e. The quantitative estimate of drug-likeness (QED) is 0.431. The van der Waals surface area contributed by atoms with Gasteiger partial charge in [-0.3, -0.25) is 0 Å². The summed E-state index contributed by atoms with van der Waals surface area (Å²) >= 11 is 4.72. The number of rotatable bonds is 0. The summed E-state index contributed by atoms with van der Waals surface area (Å²) in [6.45, 7) is 0. The standard InChI is InChI=1S/C2H3BrN2S/c3-5-4-1-2-6-5/h1-2,4H. The molecular formula is C2H3BrN2S. The van der Waals surface area contributed by atoms with E-state index in [2.05, 4.69) is 21.6 Å². The maximum Gasteiger partial charge on any atom is 0.0480 e. The molecule has 0 spiro atoms. The molecule has 0 atom stereocenters. The summed E-state index contributed by atoms with van der Waals surface area (Å²) < 4.78 is 1.73. The second kappa shape index (κ2) is 1.86. The average Bonchev–Trinajstić information content (AvgIpc) is 1.86. The van der Waals surface area contributed by atoms with Crippen molar-refractivity contribution >= 4 is 28.1 Å². The Labute approximate surface area is 49.0 Å². The lowest BCUT2D eigenvalue weighted by Crippen LogP contribution is -2.09. The molecule has 0 aromatic heterocycles. The monoisotopic (exact) mass is 166 g/mol. The van der Waals surface area contributed by atoms with Crippen LogP contribution in [0.4, 0.5) is 0 Å². The lowest BCUT2D eigenvalue weighted by atomic mass is 11.1. The fraction of sp³-hybridized carbons (Fsp3) is 0. The van der Waals surface area contributed by atoms with Gasteiger partial charge in [-0.15, -0.1) is 0 Å². The molecule has 6 heavy (non-hydrogen) atoms. The van der Waals surface area contributed by atoms with Gasteiger partial charge in [-0.1, -0.05) is 3.44 Å². The summed E-state index contributed by atoms with van der Waals surface area (Å²) in [5, 5.41) is 1.94. The van der Waals surface area contributed by atoms with Crippen molar-refractivity contribution in [1.29, 1.82) is 0 Å². The van der Waals surface area contributed by atoms with E-state index in [4.69, 9.17) is 0 Å². The van der Waals surface area contributed by atoms with Gasteiger partial charge in [-0.25, -0.2) is 0 Å². The summed E-state index contributed by atoms with van der Waals surface area (Å²) in [6.07, 6.45) is 1.85. The number of hydrazine groups is 1. The Kier molecular flexibility index (Phi) is 1.39. The lowest BCUT2D eigenvalue weighted by Gasteiger charge is -1.98. The van der Waals surface area contributed by atoms with Crippen molar-refractivity contribution in [3.8, 4) is 0 Å². The molecule has 0 radical (unpaired) electrons. The summed E-state index contributed by atoms with van der Waals surface area (Å²) in [5.41, 5.74) is 2.85. The third-order valence-electron chi connectivity index (χ3n) is 0.397. The van der Waals surface area contributed by atoms with E-state index in [1.807, 2.05) is 11.6 Å². The summed E-state index contributed by atoms with van der Waals surface area (Å²) in [5.74, 6) is 0. The number of halogens is 1. The summed E-state index contributed by atoms with van der Waals surface area (Å²) in [6, 6.07) is 0. The van der Waals surface area contributed by atoms with Crippen molar-refractivity contribution in [2.45, 2.75) is 0 Å². The number of hydrogen-bond donors (Lipinski definition) is 1. The highest BCUT2D eigenvalue weighted by atomic mass is 79.9. The zero-order valence-electron chi connectivity index (χ0n) is 2.89. The first-order valence-corrected chi connectivity index (χ1v) is 2.98. The van der Waals surface area contributed by atoms with E-state index in [-0.39, 0.29) is 0 Å². The van der Waals surface area contributed by atoms with Gasteiger partial charge >= 0.3 is 0 Å². The average molecular weight is 167 g/mol. The van der Waals surface area contributed by atoms with Crippen LogP contribution in [0.5, 0.6) is 0 Å². The van der Waals surface area contributed by atoms with Crippen molar-refractivity contribution in [2.24, 2.45) is 0 Å². The Bertz CT molecular complexity index is 65.9. The van der Waals surface area contributed by atoms with Crippen LogP contribution in [-0.2, 0) is 0 Å². The molecule has 0 aliphatic carbocycles. The van der Waals surface area contributed by atoms with Gasteiger partial charge in [0.05, 0.1) is 0 Å². The molecule has 1 rings (SSSR count). The SMILES string of the molecule is BrN1NC=CS1. The fourth-order valence-electron chi connectivity index (χ4n) is 0.203. The molecule has 0 unspecified atom stereocenters. The van der Waals surface area contributed by atoms with Crippen LogP contribution in [0.15, 0.2) is 11.6 Å². The van der Waals surface area contributed by atoms with E-state index in [0.717, 1.165) is 0 Å². The first-order chi connectivity index (χ1) is 2.89. The minimum atomic E-state index is 1.56. The van der Waals surface area contributed by atoms with Gasteiger partial charge in [-0.05, 0) is 11.9 Å². The van der Waals surface area contributed by atoms with Crippen LogP contribution < -0.4 is 5.43 Å². The molecule has 0 amide bonds. The highest BCUT2D eigenvalue weighted by Crippen LogP contribution is 2.16. The Hall–Kier alpha value is 0.330. The third kappa shape index (κ3) is 0.894. The third-order valence-corrected chi connectivity index (χ3v) is 1.65. The molecule has 0 bridgehead atoms. The van der Waals surface area contributed by atoms with Crippen molar-refractivity contribution in [1.82, 2.24) is 8.87 Å². The largest absolute Gasteiger partial charge is 0.306 e. The van der Waals surface area contributed by atoms with E-state index in [1.54, 1.807) is 15.4 Å². The molecule has 4 heteroatoms. The molecule has 0 saturated carbocycles. The van der Waals surface area contributed by atoms with Gasteiger partial charge in [0.1, 0.15) is 0 Å². The normalized spacial score (nSPS) is 21.5. The van der Waals surface area contributed by atoms with E-state index in [9.17, 15) is 0 Å². The van der Waals surface area contributed by atoms with Crippen LogP contribution in [0, 0.1) is 0 Å². The predicted molar refractivity (Wildman–Crippen MR) is 30.6 cm³/mol. The molecule has 0 saturated heterocycles. The van der Waals surface area contributed by atoms with Crippen molar-refractivity contribution < 1.29 is 0 Å². The van der Waals surface area contributed by atoms with Gasteiger partial charge in [0.2, 0.25) is 0 Å². The molecule has 0 fully saturated rings. The zero-order valence-corrected chi connectivity index (χ0v) is 5.29. The highest BCUT2D eigenvalue weighted by Gasteiger charge is 1.96. The molecular weight excluding hydrogens is 164 g/mol. The molecule has 1 heterocycles. The molecule has 1 aliphatic heterocycles. The molecule has 2 nitrogen and oxygen atoms in total. The van der Waals surface area contributed by atoms with Crippen LogP contribution in [0.3, 0.4) is 0 Å². The van der Waals surface area contributed by atoms with Gasteiger partial charge < -0.3 is 5.43 Å². The van der Waals surface area contributed by atoms with Crippen LogP contribution >= 0.6 is 28.1 Å². The van der Waals surface area contributed by atoms with E-state index in [1.165, 1.54) is 0 Å². The van der Waals surface area contributed by atoms with E-state index < -0.39 is 0 Å². The maximum absolute atomic E-state index is 3.16. The Morgan fingerprint density at radius 1 is 1.83 bits per heavy atom. The number of hydrogen-bond acceptors (Lipinski definition) is 3. The first kappa shape index (κ1) is 4.49. The molecule has 0 aromatic carbocycles. The van der Waals surface area contributed by atoms with Crippen molar-refractivity contribution in [3.63, 3.8) is 0 Å². The maximum atomic E-state index is 3.16. The fourth-order valence-corrected chi connectivity index (χ4v) is 0.961. The Morgan fingerprint density at radius 3 is 2.83 bits per heavy atom.